The molecule has 0 aliphatic carbocycles. The van der Waals surface area contributed by atoms with Crippen molar-refractivity contribution in [2.24, 2.45) is 0 Å². The average molecular weight is 361 g/mol. The first kappa shape index (κ1) is 15.9. The van der Waals surface area contributed by atoms with Crippen LogP contribution in [0, 0.1) is 6.92 Å². The number of piperidine rings is 1. The van der Waals surface area contributed by atoms with Gasteiger partial charge in [-0.3, -0.25) is 4.79 Å². The lowest BCUT2D eigenvalue weighted by Gasteiger charge is -2.33. The Hall–Kier alpha value is -3.29. The summed E-state index contributed by atoms with van der Waals surface area (Å²) in [5, 5.41) is 4.32. The van der Waals surface area contributed by atoms with Gasteiger partial charge in [0, 0.05) is 43.3 Å². The molecular formula is C19H19N7O. The molecule has 1 fully saturated rings. The van der Waals surface area contributed by atoms with Gasteiger partial charge in [0.05, 0.1) is 11.3 Å². The number of carbonyl (C=O) groups excluding carboxylic acids is 1. The molecule has 4 aromatic heterocycles. The smallest absolute Gasteiger partial charge is 0.255 e. The summed E-state index contributed by atoms with van der Waals surface area (Å²) in [6, 6.07) is 5.78. The average Bonchev–Trinajstić information content (AvgIpc) is 3.35. The van der Waals surface area contributed by atoms with Gasteiger partial charge in [-0.05, 0) is 38.0 Å². The molecule has 1 atom stereocenters. The van der Waals surface area contributed by atoms with E-state index in [2.05, 4.69) is 26.1 Å². The van der Waals surface area contributed by atoms with Gasteiger partial charge in [0.2, 0.25) is 0 Å². The van der Waals surface area contributed by atoms with Crippen LogP contribution in [0.4, 0.5) is 0 Å². The number of rotatable bonds is 2. The van der Waals surface area contributed by atoms with E-state index in [4.69, 9.17) is 0 Å². The molecule has 0 saturated carbocycles. The Morgan fingerprint density at radius 2 is 2.19 bits per heavy atom. The second kappa shape index (κ2) is 6.15. The minimum Gasteiger partial charge on any atom is -0.338 e. The molecule has 1 aliphatic heterocycles. The van der Waals surface area contributed by atoms with E-state index in [0.717, 1.165) is 36.4 Å². The Balaban J connectivity index is 1.44. The van der Waals surface area contributed by atoms with Crippen molar-refractivity contribution < 1.29 is 4.79 Å². The van der Waals surface area contributed by atoms with E-state index in [1.807, 2.05) is 40.8 Å². The SMILES string of the molecule is Cc1cc(C2CCCN(C(=O)c3ccc4nccn4c3)C2)n2ncnc2n1. The topological polar surface area (TPSA) is 80.7 Å². The maximum Gasteiger partial charge on any atom is 0.255 e. The zero-order valence-corrected chi connectivity index (χ0v) is 15.0. The van der Waals surface area contributed by atoms with Gasteiger partial charge in [-0.1, -0.05) is 0 Å². The number of hydrogen-bond acceptors (Lipinski definition) is 5. The predicted octanol–water partition coefficient (Wildman–Crippen LogP) is 2.10. The van der Waals surface area contributed by atoms with E-state index in [0.29, 0.717) is 17.9 Å². The van der Waals surface area contributed by atoms with Crippen LogP contribution in [0.1, 0.15) is 40.5 Å². The van der Waals surface area contributed by atoms with Crippen molar-refractivity contribution in [2.45, 2.75) is 25.7 Å². The van der Waals surface area contributed by atoms with Gasteiger partial charge in [-0.2, -0.15) is 10.1 Å². The van der Waals surface area contributed by atoms with Gasteiger partial charge in [-0.25, -0.2) is 14.5 Å². The van der Waals surface area contributed by atoms with Crippen LogP contribution in [-0.4, -0.2) is 52.9 Å². The molecule has 1 amide bonds. The normalized spacial score (nSPS) is 17.7. The van der Waals surface area contributed by atoms with E-state index in [1.54, 1.807) is 10.7 Å². The molecule has 0 radical (unpaired) electrons. The maximum absolute atomic E-state index is 13.1. The standard InChI is InChI=1S/C19H19N7O/c1-13-9-16(26-19(23-13)21-12-22-26)14-3-2-7-25(10-14)18(27)15-4-5-17-20-6-8-24(17)11-15/h4-6,8-9,11-12,14H,2-3,7,10H2,1H3. The molecule has 136 valence electrons. The van der Waals surface area contributed by atoms with E-state index in [-0.39, 0.29) is 11.8 Å². The highest BCUT2D eigenvalue weighted by Gasteiger charge is 2.28. The Morgan fingerprint density at radius 1 is 1.26 bits per heavy atom. The van der Waals surface area contributed by atoms with Crippen molar-refractivity contribution in [3.8, 4) is 0 Å². The second-order valence-electron chi connectivity index (χ2n) is 7.00. The van der Waals surface area contributed by atoms with Crippen molar-refractivity contribution in [1.82, 2.24) is 33.9 Å². The minimum absolute atomic E-state index is 0.0518. The lowest BCUT2D eigenvalue weighted by atomic mass is 9.93. The highest BCUT2D eigenvalue weighted by Crippen LogP contribution is 2.28. The van der Waals surface area contributed by atoms with Crippen molar-refractivity contribution in [2.75, 3.05) is 13.1 Å². The van der Waals surface area contributed by atoms with E-state index < -0.39 is 0 Å². The summed E-state index contributed by atoms with van der Waals surface area (Å²) >= 11 is 0. The van der Waals surface area contributed by atoms with Crippen molar-refractivity contribution in [1.29, 1.82) is 0 Å². The summed E-state index contributed by atoms with van der Waals surface area (Å²) in [4.78, 5) is 27.9. The van der Waals surface area contributed by atoms with Gasteiger partial charge in [0.25, 0.3) is 11.7 Å². The third kappa shape index (κ3) is 2.73. The molecule has 4 aromatic rings. The van der Waals surface area contributed by atoms with Gasteiger partial charge in [-0.15, -0.1) is 0 Å². The number of aromatic nitrogens is 6. The molecule has 5 rings (SSSR count). The molecule has 8 heteroatoms. The summed E-state index contributed by atoms with van der Waals surface area (Å²) < 4.78 is 3.67. The van der Waals surface area contributed by atoms with E-state index in [9.17, 15) is 4.79 Å². The summed E-state index contributed by atoms with van der Waals surface area (Å²) in [5.74, 6) is 0.875. The maximum atomic E-state index is 13.1. The number of likely N-dealkylation sites (tertiary alicyclic amines) is 1. The zero-order chi connectivity index (χ0) is 18.4. The number of pyridine rings is 1. The predicted molar refractivity (Wildman–Crippen MR) is 98.6 cm³/mol. The van der Waals surface area contributed by atoms with Crippen molar-refractivity contribution >= 4 is 17.3 Å². The molecule has 1 saturated heterocycles. The van der Waals surface area contributed by atoms with Gasteiger partial charge in [0.15, 0.2) is 0 Å². The molecule has 0 N–H and O–H groups in total. The van der Waals surface area contributed by atoms with Crippen LogP contribution in [0.3, 0.4) is 0 Å². The Kier molecular flexibility index (Phi) is 3.63. The molecule has 1 unspecified atom stereocenters. The molecule has 0 bridgehead atoms. The molecule has 0 aromatic carbocycles. The summed E-state index contributed by atoms with van der Waals surface area (Å²) in [6.45, 7) is 3.39. The number of hydrogen-bond donors (Lipinski definition) is 0. The van der Waals surface area contributed by atoms with Crippen LogP contribution in [-0.2, 0) is 0 Å². The number of amides is 1. The number of nitrogens with zero attached hydrogens (tertiary/aromatic N) is 7. The zero-order valence-electron chi connectivity index (χ0n) is 15.0. The fraction of sp³-hybridized carbons (Fsp3) is 0.316. The van der Waals surface area contributed by atoms with Crippen molar-refractivity contribution in [3.05, 3.63) is 60.1 Å². The first-order valence-corrected chi connectivity index (χ1v) is 9.08. The second-order valence-corrected chi connectivity index (χ2v) is 7.00. The van der Waals surface area contributed by atoms with Crippen LogP contribution in [0.15, 0.2) is 43.1 Å². The number of fused-ring (bicyclic) bond motifs is 2. The van der Waals surface area contributed by atoms with Crippen LogP contribution < -0.4 is 0 Å². The first-order valence-electron chi connectivity index (χ1n) is 9.08. The number of carbonyl (C=O) groups is 1. The Labute approximate surface area is 155 Å². The van der Waals surface area contributed by atoms with Gasteiger partial charge < -0.3 is 9.30 Å². The molecular weight excluding hydrogens is 342 g/mol. The largest absolute Gasteiger partial charge is 0.338 e. The van der Waals surface area contributed by atoms with Gasteiger partial charge >= 0.3 is 0 Å². The molecule has 27 heavy (non-hydrogen) atoms. The fourth-order valence-corrected chi connectivity index (χ4v) is 3.88. The third-order valence-corrected chi connectivity index (χ3v) is 5.17. The minimum atomic E-state index is 0.0518. The van der Waals surface area contributed by atoms with Crippen LogP contribution >= 0.6 is 0 Å². The van der Waals surface area contributed by atoms with E-state index >= 15 is 0 Å². The molecule has 5 heterocycles. The number of aryl methyl sites for hydroxylation is 1. The number of imidazole rings is 1. The summed E-state index contributed by atoms with van der Waals surface area (Å²) in [5.41, 5.74) is 3.50. The monoisotopic (exact) mass is 361 g/mol. The highest BCUT2D eigenvalue weighted by molar-refractivity contribution is 5.94. The summed E-state index contributed by atoms with van der Waals surface area (Å²) in [6.07, 6.45) is 8.93. The third-order valence-electron chi connectivity index (χ3n) is 5.17. The van der Waals surface area contributed by atoms with E-state index in [1.165, 1.54) is 6.33 Å². The highest BCUT2D eigenvalue weighted by atomic mass is 16.2. The lowest BCUT2D eigenvalue weighted by molar-refractivity contribution is 0.0704. The molecule has 8 nitrogen and oxygen atoms in total. The van der Waals surface area contributed by atoms with Crippen LogP contribution in [0.5, 0.6) is 0 Å². The summed E-state index contributed by atoms with van der Waals surface area (Å²) in [7, 11) is 0. The fourth-order valence-electron chi connectivity index (χ4n) is 3.88. The lowest BCUT2D eigenvalue weighted by Crippen LogP contribution is -2.39. The van der Waals surface area contributed by atoms with Gasteiger partial charge in [0.1, 0.15) is 12.0 Å². The quantitative estimate of drug-likeness (QED) is 0.546. The Bertz CT molecular complexity index is 1150. The Morgan fingerprint density at radius 3 is 3.11 bits per heavy atom. The molecule has 0 spiro atoms. The molecule has 1 aliphatic rings. The van der Waals surface area contributed by atoms with Crippen LogP contribution in [0.2, 0.25) is 0 Å². The van der Waals surface area contributed by atoms with Crippen molar-refractivity contribution in [3.63, 3.8) is 0 Å². The van der Waals surface area contributed by atoms with Crippen LogP contribution in [0.25, 0.3) is 11.4 Å². The first-order chi connectivity index (χ1) is 13.2.